The van der Waals surface area contributed by atoms with Crippen LogP contribution in [0.3, 0.4) is 0 Å². The van der Waals surface area contributed by atoms with Crippen molar-refractivity contribution in [3.05, 3.63) is 65.9 Å². The van der Waals surface area contributed by atoms with E-state index in [1.807, 2.05) is 42.5 Å². The van der Waals surface area contributed by atoms with Crippen molar-refractivity contribution in [2.75, 3.05) is 0 Å². The maximum Gasteiger partial charge on any atom is 0.246 e. The molecule has 2 heterocycles. The van der Waals surface area contributed by atoms with Gasteiger partial charge in [-0.3, -0.25) is 4.79 Å². The Morgan fingerprint density at radius 3 is 2.48 bits per heavy atom. The molecule has 1 N–H and O–H groups in total. The molecule has 0 aliphatic heterocycles. The van der Waals surface area contributed by atoms with Crippen LogP contribution in [0.25, 0.3) is 33.2 Å². The van der Waals surface area contributed by atoms with Gasteiger partial charge in [0.15, 0.2) is 0 Å². The lowest BCUT2D eigenvalue weighted by molar-refractivity contribution is -0.119. The number of amides is 1. The Hall–Kier alpha value is -3.32. The van der Waals surface area contributed by atoms with E-state index in [9.17, 15) is 4.79 Å². The predicted molar refractivity (Wildman–Crippen MR) is 104 cm³/mol. The molecule has 0 aliphatic rings. The van der Waals surface area contributed by atoms with Gasteiger partial charge in [0.2, 0.25) is 17.6 Å². The molecule has 134 valence electrons. The lowest BCUT2D eigenvalue weighted by atomic mass is 10.1. The molecule has 1 amide bonds. The molecular weight excluding hydrogens is 360 g/mol. The third-order valence-corrected chi connectivity index (χ3v) is 4.81. The van der Waals surface area contributed by atoms with Crippen LogP contribution >= 0.6 is 11.3 Å². The van der Waals surface area contributed by atoms with Crippen LogP contribution in [0, 0.1) is 0 Å². The van der Waals surface area contributed by atoms with E-state index in [1.54, 1.807) is 11.3 Å². The van der Waals surface area contributed by atoms with Crippen molar-refractivity contribution in [3.8, 4) is 33.2 Å². The number of aromatic nitrogens is 3. The topological polar surface area (TPSA) is 80.9 Å². The van der Waals surface area contributed by atoms with Crippen LogP contribution in [-0.4, -0.2) is 21.0 Å². The lowest BCUT2D eigenvalue weighted by Crippen LogP contribution is -2.18. The molecule has 6 nitrogen and oxygen atoms in total. The minimum absolute atomic E-state index is 0.141. The van der Waals surface area contributed by atoms with Gasteiger partial charge in [-0.25, -0.2) is 4.98 Å². The third-order valence-electron chi connectivity index (χ3n) is 3.92. The monoisotopic (exact) mass is 376 g/mol. The van der Waals surface area contributed by atoms with Crippen molar-refractivity contribution in [1.29, 1.82) is 0 Å². The van der Waals surface area contributed by atoms with Crippen LogP contribution < -0.4 is 5.32 Å². The summed E-state index contributed by atoms with van der Waals surface area (Å²) in [6, 6.07) is 18.0. The fraction of sp³-hybridized carbons (Fsp3) is 0.100. The van der Waals surface area contributed by atoms with Gasteiger partial charge in [0.05, 0.1) is 12.2 Å². The fourth-order valence-corrected chi connectivity index (χ4v) is 3.39. The fourth-order valence-electron chi connectivity index (χ4n) is 2.55. The summed E-state index contributed by atoms with van der Waals surface area (Å²) in [4.78, 5) is 20.0. The van der Waals surface area contributed by atoms with Gasteiger partial charge in [-0.2, -0.15) is 4.98 Å². The van der Waals surface area contributed by atoms with Gasteiger partial charge >= 0.3 is 0 Å². The van der Waals surface area contributed by atoms with Gasteiger partial charge in [0.1, 0.15) is 5.01 Å². The van der Waals surface area contributed by atoms with Crippen LogP contribution in [-0.2, 0) is 11.3 Å². The van der Waals surface area contributed by atoms with E-state index in [0.717, 1.165) is 27.4 Å². The number of hydrogen-bond donors (Lipinski definition) is 1. The summed E-state index contributed by atoms with van der Waals surface area (Å²) in [6.07, 6.45) is 0. The summed E-state index contributed by atoms with van der Waals surface area (Å²) in [7, 11) is 0. The van der Waals surface area contributed by atoms with Gasteiger partial charge in [-0.1, -0.05) is 59.8 Å². The first-order valence-corrected chi connectivity index (χ1v) is 9.26. The normalized spacial score (nSPS) is 10.7. The lowest BCUT2D eigenvalue weighted by Gasteiger charge is -1.99. The molecule has 27 heavy (non-hydrogen) atoms. The summed E-state index contributed by atoms with van der Waals surface area (Å²) in [5, 5.41) is 9.64. The van der Waals surface area contributed by atoms with Gasteiger partial charge in [-0.15, -0.1) is 11.3 Å². The molecule has 7 heteroatoms. The van der Waals surface area contributed by atoms with Crippen LogP contribution in [0.15, 0.2) is 64.5 Å². The summed E-state index contributed by atoms with van der Waals surface area (Å²) in [5.41, 5.74) is 3.92. The molecule has 0 radical (unpaired) electrons. The number of rotatable bonds is 5. The highest BCUT2D eigenvalue weighted by atomic mass is 32.1. The summed E-state index contributed by atoms with van der Waals surface area (Å²) in [6.45, 7) is 1.67. The Kier molecular flexibility index (Phi) is 4.76. The van der Waals surface area contributed by atoms with Crippen molar-refractivity contribution >= 4 is 17.2 Å². The van der Waals surface area contributed by atoms with Gasteiger partial charge in [-0.05, 0) is 0 Å². The van der Waals surface area contributed by atoms with E-state index >= 15 is 0 Å². The van der Waals surface area contributed by atoms with Crippen molar-refractivity contribution in [2.45, 2.75) is 13.5 Å². The van der Waals surface area contributed by atoms with Crippen molar-refractivity contribution < 1.29 is 9.32 Å². The van der Waals surface area contributed by atoms with E-state index in [4.69, 9.17) is 9.51 Å². The quantitative estimate of drug-likeness (QED) is 0.565. The molecule has 2 aromatic heterocycles. The van der Waals surface area contributed by atoms with Crippen LogP contribution in [0.2, 0.25) is 0 Å². The van der Waals surface area contributed by atoms with E-state index in [-0.39, 0.29) is 12.5 Å². The minimum atomic E-state index is -0.141. The Morgan fingerprint density at radius 2 is 1.74 bits per heavy atom. The van der Waals surface area contributed by atoms with Crippen LogP contribution in [0.1, 0.15) is 12.8 Å². The average Bonchev–Trinajstić information content (AvgIpc) is 3.37. The molecule has 4 rings (SSSR count). The number of thiazole rings is 1. The first-order valence-electron chi connectivity index (χ1n) is 8.38. The number of carbonyl (C=O) groups is 1. The number of hydrogen-bond acceptors (Lipinski definition) is 6. The van der Waals surface area contributed by atoms with Crippen LogP contribution in [0.4, 0.5) is 0 Å². The Morgan fingerprint density at radius 1 is 1.00 bits per heavy atom. The van der Waals surface area contributed by atoms with Gasteiger partial charge < -0.3 is 9.84 Å². The Labute approximate surface area is 159 Å². The zero-order valence-corrected chi connectivity index (χ0v) is 15.4. The summed E-state index contributed by atoms with van der Waals surface area (Å²) in [5.74, 6) is 0.721. The second-order valence-corrected chi connectivity index (χ2v) is 6.76. The molecule has 0 spiro atoms. The molecule has 0 atom stereocenters. The van der Waals surface area contributed by atoms with E-state index in [1.165, 1.54) is 6.92 Å². The Bertz CT molecular complexity index is 1060. The zero-order valence-electron chi connectivity index (χ0n) is 14.5. The maximum atomic E-state index is 11.0. The molecule has 0 bridgehead atoms. The van der Waals surface area contributed by atoms with E-state index < -0.39 is 0 Å². The molecule has 0 saturated carbocycles. The summed E-state index contributed by atoms with van der Waals surface area (Å²) < 4.78 is 5.15. The second kappa shape index (κ2) is 7.51. The summed E-state index contributed by atoms with van der Waals surface area (Å²) >= 11 is 1.62. The third kappa shape index (κ3) is 3.93. The van der Waals surface area contributed by atoms with Crippen molar-refractivity contribution in [1.82, 2.24) is 20.4 Å². The number of nitrogens with one attached hydrogen (secondary N) is 1. The van der Waals surface area contributed by atoms with Crippen molar-refractivity contribution in [3.63, 3.8) is 0 Å². The first kappa shape index (κ1) is 17.1. The van der Waals surface area contributed by atoms with Crippen molar-refractivity contribution in [2.24, 2.45) is 0 Å². The highest BCUT2D eigenvalue weighted by Crippen LogP contribution is 2.29. The van der Waals surface area contributed by atoms with Gasteiger partial charge in [0.25, 0.3) is 0 Å². The zero-order chi connectivity index (χ0) is 18.6. The smallest absolute Gasteiger partial charge is 0.246 e. The highest BCUT2D eigenvalue weighted by molar-refractivity contribution is 7.13. The molecular formula is C20H16N4O2S. The molecule has 0 fully saturated rings. The minimum Gasteiger partial charge on any atom is -0.347 e. The second-order valence-electron chi connectivity index (χ2n) is 5.90. The Balaban J connectivity index is 1.51. The molecule has 0 saturated heterocycles. The first-order chi connectivity index (χ1) is 13.2. The largest absolute Gasteiger partial charge is 0.347 e. The molecule has 0 unspecified atom stereocenters. The molecule has 0 aliphatic carbocycles. The highest BCUT2D eigenvalue weighted by Gasteiger charge is 2.10. The SMILES string of the molecule is CC(=O)NCc1nc(-c2ccc(-c3csc(-c4ccccc4)n3)cc2)no1. The predicted octanol–water partition coefficient (Wildman–Crippen LogP) is 4.16. The number of benzene rings is 2. The molecule has 4 aromatic rings. The van der Waals surface area contributed by atoms with Crippen LogP contribution in [0.5, 0.6) is 0 Å². The number of nitrogens with zero attached hydrogens (tertiary/aromatic N) is 3. The molecule has 2 aromatic carbocycles. The average molecular weight is 376 g/mol. The standard InChI is InChI=1S/C20H16N4O2S/c1-13(25)21-11-18-23-19(24-26-18)15-9-7-14(8-10-15)17-12-27-20(22-17)16-5-3-2-4-6-16/h2-10,12H,11H2,1H3,(H,21,25). The maximum absolute atomic E-state index is 11.0. The van der Waals surface area contributed by atoms with E-state index in [2.05, 4.69) is 33.0 Å². The van der Waals surface area contributed by atoms with E-state index in [0.29, 0.717) is 11.7 Å². The number of carbonyl (C=O) groups excluding carboxylic acids is 1. The van der Waals surface area contributed by atoms with Gasteiger partial charge in [0, 0.05) is 29.0 Å².